The molecular weight excluding hydrogens is 250 g/mol. The minimum Gasteiger partial charge on any atom is -0.373 e. The Hall–Kier alpha value is -2.02. The zero-order valence-electron chi connectivity index (χ0n) is 12.0. The molecule has 104 valence electrons. The third-order valence-electron chi connectivity index (χ3n) is 4.48. The van der Waals surface area contributed by atoms with E-state index >= 15 is 0 Å². The number of nitriles is 1. The zero-order valence-corrected chi connectivity index (χ0v) is 12.0. The molecule has 1 aromatic carbocycles. The number of hydrogen-bond donors (Lipinski definition) is 0. The highest BCUT2D eigenvalue weighted by Gasteiger charge is 2.44. The third-order valence-corrected chi connectivity index (χ3v) is 4.48. The number of hydrogen-bond acceptors (Lipinski definition) is 3. The average Bonchev–Trinajstić information content (AvgIpc) is 3.23. The van der Waals surface area contributed by atoms with Gasteiger partial charge in [-0.1, -0.05) is 0 Å². The van der Waals surface area contributed by atoms with Crippen LogP contribution in [0.15, 0.2) is 18.2 Å². The molecule has 1 aromatic rings. The minimum atomic E-state index is -0.128. The smallest absolute Gasteiger partial charge is 0.227 e. The van der Waals surface area contributed by atoms with Gasteiger partial charge in [0.25, 0.3) is 0 Å². The fourth-order valence-electron chi connectivity index (χ4n) is 2.88. The van der Waals surface area contributed by atoms with Crippen LogP contribution in [0.5, 0.6) is 0 Å². The maximum absolute atomic E-state index is 11.7. The lowest BCUT2D eigenvalue weighted by atomic mass is 10.0. The highest BCUT2D eigenvalue weighted by Crippen LogP contribution is 2.46. The van der Waals surface area contributed by atoms with Crippen molar-refractivity contribution in [2.24, 2.45) is 5.41 Å². The summed E-state index contributed by atoms with van der Waals surface area (Å²) in [6, 6.07) is 8.65. The molecule has 0 bridgehead atoms. The Balaban J connectivity index is 1.82. The molecule has 0 aromatic heterocycles. The van der Waals surface area contributed by atoms with Crippen molar-refractivity contribution in [3.05, 3.63) is 23.8 Å². The van der Waals surface area contributed by atoms with E-state index in [2.05, 4.69) is 17.0 Å². The van der Waals surface area contributed by atoms with Gasteiger partial charge in [-0.15, -0.1) is 0 Å². The van der Waals surface area contributed by atoms with Crippen LogP contribution in [0.4, 0.5) is 11.4 Å². The summed E-state index contributed by atoms with van der Waals surface area (Å²) in [5.74, 6) is 0.181. The lowest BCUT2D eigenvalue weighted by molar-refractivity contribution is -0.118. The first-order chi connectivity index (χ1) is 9.54. The van der Waals surface area contributed by atoms with Gasteiger partial charge in [0.1, 0.15) is 0 Å². The summed E-state index contributed by atoms with van der Waals surface area (Å²) in [7, 11) is 3.87. The summed E-state index contributed by atoms with van der Waals surface area (Å²) < 4.78 is 0. The Kier molecular flexibility index (Phi) is 2.93. The second kappa shape index (κ2) is 4.52. The van der Waals surface area contributed by atoms with E-state index in [9.17, 15) is 10.1 Å². The normalized spacial score (nSPS) is 19.2. The number of anilines is 2. The molecule has 0 unspecified atom stereocenters. The summed E-state index contributed by atoms with van der Waals surface area (Å²) in [6.45, 7) is 0.789. The standard InChI is InChI=1S/C16H19N3O/c1-18(11-16(10-17)7-8-16)13-4-5-14-12(9-13)3-6-15(20)19(14)2/h4-5,9H,3,6-8,11H2,1-2H3. The van der Waals surface area contributed by atoms with Gasteiger partial charge in [0.2, 0.25) is 5.91 Å². The lowest BCUT2D eigenvalue weighted by Gasteiger charge is -2.28. The maximum Gasteiger partial charge on any atom is 0.227 e. The van der Waals surface area contributed by atoms with Crippen molar-refractivity contribution in [2.75, 3.05) is 30.4 Å². The Morgan fingerprint density at radius 3 is 2.80 bits per heavy atom. The van der Waals surface area contributed by atoms with E-state index in [1.165, 1.54) is 5.56 Å². The van der Waals surface area contributed by atoms with E-state index in [4.69, 9.17) is 0 Å². The molecule has 1 aliphatic carbocycles. The summed E-state index contributed by atoms with van der Waals surface area (Å²) in [5, 5.41) is 9.19. The molecule has 2 aliphatic rings. The number of nitrogens with zero attached hydrogens (tertiary/aromatic N) is 3. The number of amides is 1. The molecule has 0 spiro atoms. The molecule has 4 nitrogen and oxygen atoms in total. The first kappa shape index (κ1) is 13.0. The Bertz CT molecular complexity index is 598. The van der Waals surface area contributed by atoms with Crippen molar-refractivity contribution in [1.29, 1.82) is 5.26 Å². The van der Waals surface area contributed by atoms with Gasteiger partial charge < -0.3 is 9.80 Å². The van der Waals surface area contributed by atoms with Gasteiger partial charge in [-0.3, -0.25) is 4.79 Å². The molecule has 1 aliphatic heterocycles. The highest BCUT2D eigenvalue weighted by molar-refractivity contribution is 5.96. The van der Waals surface area contributed by atoms with Crippen LogP contribution >= 0.6 is 0 Å². The fraction of sp³-hybridized carbons (Fsp3) is 0.500. The molecule has 3 rings (SSSR count). The van der Waals surface area contributed by atoms with Crippen LogP contribution < -0.4 is 9.80 Å². The maximum atomic E-state index is 11.7. The summed E-state index contributed by atoms with van der Waals surface area (Å²) >= 11 is 0. The SMILES string of the molecule is CN(CC1(C#N)CC1)c1ccc2c(c1)CCC(=O)N2C. The van der Waals surface area contributed by atoms with E-state index in [1.54, 1.807) is 4.90 Å². The molecule has 0 atom stereocenters. The van der Waals surface area contributed by atoms with E-state index in [0.717, 1.165) is 37.2 Å². The molecule has 1 saturated carbocycles. The molecule has 1 fully saturated rings. The van der Waals surface area contributed by atoms with Crippen LogP contribution in [-0.4, -0.2) is 26.5 Å². The van der Waals surface area contributed by atoms with Gasteiger partial charge in [-0.2, -0.15) is 5.26 Å². The van der Waals surface area contributed by atoms with Crippen LogP contribution in [0, 0.1) is 16.7 Å². The number of carbonyl (C=O) groups excluding carboxylic acids is 1. The van der Waals surface area contributed by atoms with E-state index in [-0.39, 0.29) is 11.3 Å². The van der Waals surface area contributed by atoms with Crippen LogP contribution in [0.3, 0.4) is 0 Å². The van der Waals surface area contributed by atoms with Crippen LogP contribution in [0.1, 0.15) is 24.8 Å². The molecular formula is C16H19N3O. The number of carbonyl (C=O) groups is 1. The predicted octanol–water partition coefficient (Wildman–Crippen LogP) is 2.34. The summed E-state index contributed by atoms with van der Waals surface area (Å²) in [6.07, 6.45) is 3.41. The Labute approximate surface area is 119 Å². The van der Waals surface area contributed by atoms with Crippen LogP contribution in [0.2, 0.25) is 0 Å². The quantitative estimate of drug-likeness (QED) is 0.846. The van der Waals surface area contributed by atoms with Gasteiger partial charge in [0.05, 0.1) is 11.5 Å². The summed E-state index contributed by atoms with van der Waals surface area (Å²) in [5.41, 5.74) is 3.24. The number of fused-ring (bicyclic) bond motifs is 1. The second-order valence-electron chi connectivity index (χ2n) is 6.01. The van der Waals surface area contributed by atoms with Gasteiger partial charge >= 0.3 is 0 Å². The van der Waals surface area contributed by atoms with Gasteiger partial charge in [0.15, 0.2) is 0 Å². The number of benzene rings is 1. The number of aryl methyl sites for hydroxylation is 1. The van der Waals surface area contributed by atoms with Crippen molar-refractivity contribution in [2.45, 2.75) is 25.7 Å². The van der Waals surface area contributed by atoms with Gasteiger partial charge in [-0.25, -0.2) is 0 Å². The topological polar surface area (TPSA) is 47.3 Å². The van der Waals surface area contributed by atoms with E-state index in [1.807, 2.05) is 26.2 Å². The van der Waals surface area contributed by atoms with Gasteiger partial charge in [0, 0.05) is 38.4 Å². The van der Waals surface area contributed by atoms with Crippen molar-refractivity contribution in [1.82, 2.24) is 0 Å². The van der Waals surface area contributed by atoms with Crippen molar-refractivity contribution < 1.29 is 4.79 Å². The van der Waals surface area contributed by atoms with Crippen molar-refractivity contribution >= 4 is 17.3 Å². The molecule has 0 saturated heterocycles. The molecule has 0 radical (unpaired) electrons. The second-order valence-corrected chi connectivity index (χ2v) is 6.01. The lowest BCUT2D eigenvalue weighted by Crippen LogP contribution is -2.31. The van der Waals surface area contributed by atoms with Crippen molar-refractivity contribution in [3.63, 3.8) is 0 Å². The molecule has 1 amide bonds. The van der Waals surface area contributed by atoms with Crippen LogP contribution in [-0.2, 0) is 11.2 Å². The first-order valence-corrected chi connectivity index (χ1v) is 7.07. The predicted molar refractivity (Wildman–Crippen MR) is 78.7 cm³/mol. The Morgan fingerprint density at radius 2 is 2.15 bits per heavy atom. The zero-order chi connectivity index (χ0) is 14.3. The monoisotopic (exact) mass is 269 g/mol. The minimum absolute atomic E-state index is 0.128. The highest BCUT2D eigenvalue weighted by atomic mass is 16.2. The van der Waals surface area contributed by atoms with E-state index < -0.39 is 0 Å². The van der Waals surface area contributed by atoms with Crippen LogP contribution in [0.25, 0.3) is 0 Å². The third kappa shape index (κ3) is 2.14. The number of rotatable bonds is 3. The first-order valence-electron chi connectivity index (χ1n) is 7.07. The molecule has 20 heavy (non-hydrogen) atoms. The molecule has 4 heteroatoms. The fourth-order valence-corrected chi connectivity index (χ4v) is 2.88. The summed E-state index contributed by atoms with van der Waals surface area (Å²) in [4.78, 5) is 15.6. The largest absolute Gasteiger partial charge is 0.373 e. The van der Waals surface area contributed by atoms with E-state index in [0.29, 0.717) is 6.42 Å². The molecule has 0 N–H and O–H groups in total. The van der Waals surface area contributed by atoms with Gasteiger partial charge in [-0.05, 0) is 43.0 Å². The average molecular weight is 269 g/mol. The van der Waals surface area contributed by atoms with Crippen molar-refractivity contribution in [3.8, 4) is 6.07 Å². The Morgan fingerprint density at radius 1 is 1.40 bits per heavy atom. The molecule has 1 heterocycles.